The number of amides is 1. The van der Waals surface area contributed by atoms with Crippen LogP contribution in [0.4, 0.5) is 28.4 Å². The van der Waals surface area contributed by atoms with E-state index in [-0.39, 0.29) is 74.3 Å². The number of hydrogen-bond acceptors (Lipinski definition) is 10. The van der Waals surface area contributed by atoms with Crippen LogP contribution in [0.2, 0.25) is 0 Å². The third-order valence-corrected chi connectivity index (χ3v) is 10.6. The van der Waals surface area contributed by atoms with Gasteiger partial charge in [0.2, 0.25) is 5.91 Å². The van der Waals surface area contributed by atoms with Gasteiger partial charge < -0.3 is 20.3 Å². The highest BCUT2D eigenvalue weighted by molar-refractivity contribution is 7.23. The van der Waals surface area contributed by atoms with Crippen LogP contribution in [0.25, 0.3) is 32.2 Å². The summed E-state index contributed by atoms with van der Waals surface area (Å²) in [5.74, 6) is -1.82. The number of carbonyl (C=O) groups excluding carboxylic acids is 1. The quantitative estimate of drug-likeness (QED) is 0.220. The molecule has 3 aromatic heterocycles. The number of thiophene rings is 1. The van der Waals surface area contributed by atoms with E-state index < -0.39 is 41.5 Å². The van der Waals surface area contributed by atoms with Gasteiger partial charge in [0, 0.05) is 43.7 Å². The standard InChI is InChI=1S/C32H30F4N8O2S/c1-3-23(45)43-13-21(35)22(14-43)42(2)30-19-11-39-26(17-5-6-20(34)28-24(17)18(10-37)29(38)47-28)25(36)27(19)40-31(41-30)46-15-32-7-4-8-44(32)12-16(33)9-32/h3,5-6,11,16,21-22H,1,4,7-9,12-15,38H2,2H3. The van der Waals surface area contributed by atoms with Crippen molar-refractivity contribution in [2.75, 3.05) is 50.5 Å². The Bertz CT molecular complexity index is 1980. The average Bonchev–Trinajstić information content (AvgIpc) is 3.80. The van der Waals surface area contributed by atoms with Gasteiger partial charge in [-0.25, -0.2) is 17.6 Å². The van der Waals surface area contributed by atoms with Crippen LogP contribution >= 0.6 is 11.3 Å². The van der Waals surface area contributed by atoms with E-state index in [9.17, 15) is 18.8 Å². The zero-order chi connectivity index (χ0) is 33.2. The predicted molar refractivity (Wildman–Crippen MR) is 170 cm³/mol. The first-order chi connectivity index (χ1) is 22.5. The SMILES string of the molecule is C=CC(=O)N1CC(F)C(N(C)c2nc(OCC34CCCN3CC(F)C4)nc3c(F)c(-c4ccc(F)c5sc(N)c(C#N)c45)ncc23)C1. The lowest BCUT2D eigenvalue weighted by atomic mass is 9.95. The van der Waals surface area contributed by atoms with Crippen LogP contribution in [0.5, 0.6) is 6.01 Å². The molecule has 7 rings (SSSR count). The second-order valence-electron chi connectivity index (χ2n) is 12.3. The largest absolute Gasteiger partial charge is 0.461 e. The van der Waals surface area contributed by atoms with Crippen molar-refractivity contribution in [2.45, 2.75) is 43.2 Å². The first-order valence-corrected chi connectivity index (χ1v) is 15.9. The number of nitriles is 1. The molecule has 1 amide bonds. The molecule has 0 aliphatic carbocycles. The van der Waals surface area contributed by atoms with E-state index in [1.54, 1.807) is 7.05 Å². The molecule has 0 radical (unpaired) electrons. The minimum absolute atomic E-state index is 0.00452. The molecule has 3 saturated heterocycles. The van der Waals surface area contributed by atoms with E-state index in [0.29, 0.717) is 13.0 Å². The molecule has 2 N–H and O–H groups in total. The van der Waals surface area contributed by atoms with Gasteiger partial charge in [-0.3, -0.25) is 14.7 Å². The van der Waals surface area contributed by atoms with E-state index in [0.717, 1.165) is 42.9 Å². The van der Waals surface area contributed by atoms with E-state index in [1.165, 1.54) is 22.1 Å². The molecule has 0 spiro atoms. The number of benzene rings is 1. The van der Waals surface area contributed by atoms with E-state index in [1.807, 2.05) is 6.07 Å². The number of pyridine rings is 1. The number of hydrogen-bond donors (Lipinski definition) is 1. The second kappa shape index (κ2) is 11.6. The molecule has 4 unspecified atom stereocenters. The molecule has 244 valence electrons. The maximum atomic E-state index is 16.7. The number of fused-ring (bicyclic) bond motifs is 3. The van der Waals surface area contributed by atoms with Crippen LogP contribution in [-0.2, 0) is 4.79 Å². The molecule has 10 nitrogen and oxygen atoms in total. The van der Waals surface area contributed by atoms with Crippen molar-refractivity contribution in [1.29, 1.82) is 5.26 Å². The molecule has 47 heavy (non-hydrogen) atoms. The van der Waals surface area contributed by atoms with Crippen LogP contribution in [0, 0.1) is 23.0 Å². The van der Waals surface area contributed by atoms with Gasteiger partial charge in [-0.1, -0.05) is 6.58 Å². The number of likely N-dealkylation sites (N-methyl/N-ethyl adjacent to an activating group) is 1. The van der Waals surface area contributed by atoms with Crippen LogP contribution < -0.4 is 15.4 Å². The van der Waals surface area contributed by atoms with Gasteiger partial charge >= 0.3 is 6.01 Å². The van der Waals surface area contributed by atoms with Crippen molar-refractivity contribution in [1.82, 2.24) is 24.8 Å². The third kappa shape index (κ3) is 5.01. The van der Waals surface area contributed by atoms with Gasteiger partial charge in [0.05, 0.1) is 33.8 Å². The smallest absolute Gasteiger partial charge is 0.319 e. The lowest BCUT2D eigenvalue weighted by Crippen LogP contribution is -2.43. The molecule has 0 bridgehead atoms. The van der Waals surface area contributed by atoms with Gasteiger partial charge in [-0.15, -0.1) is 11.3 Å². The monoisotopic (exact) mass is 666 g/mol. The third-order valence-electron chi connectivity index (χ3n) is 9.60. The number of rotatable bonds is 7. The molecular weight excluding hydrogens is 636 g/mol. The molecule has 3 aliphatic rings. The molecule has 4 aromatic rings. The number of nitrogens with two attached hydrogens (primary N) is 1. The first-order valence-electron chi connectivity index (χ1n) is 15.1. The van der Waals surface area contributed by atoms with Gasteiger partial charge in [-0.05, 0) is 37.6 Å². The minimum Gasteiger partial charge on any atom is -0.461 e. The number of nitrogens with zero attached hydrogens (tertiary/aromatic N) is 7. The molecular formula is C32H30F4N8O2S. The number of anilines is 2. The summed E-state index contributed by atoms with van der Waals surface area (Å²) in [7, 11) is 1.58. The van der Waals surface area contributed by atoms with E-state index in [2.05, 4.69) is 26.4 Å². The maximum Gasteiger partial charge on any atom is 0.319 e. The highest BCUT2D eigenvalue weighted by atomic mass is 32.1. The van der Waals surface area contributed by atoms with Gasteiger partial charge in [0.1, 0.15) is 52.9 Å². The highest BCUT2D eigenvalue weighted by Gasteiger charge is 2.49. The van der Waals surface area contributed by atoms with Crippen molar-refractivity contribution >= 4 is 49.1 Å². The fraction of sp³-hybridized carbons (Fsp3) is 0.406. The summed E-state index contributed by atoms with van der Waals surface area (Å²) >= 11 is 0.878. The molecule has 0 saturated carbocycles. The Balaban J connectivity index is 1.35. The van der Waals surface area contributed by atoms with Crippen molar-refractivity contribution in [2.24, 2.45) is 0 Å². The lowest BCUT2D eigenvalue weighted by Gasteiger charge is -2.31. The topological polar surface area (TPSA) is 125 Å². The van der Waals surface area contributed by atoms with Gasteiger partial charge in [-0.2, -0.15) is 15.2 Å². The van der Waals surface area contributed by atoms with Crippen LogP contribution in [0.3, 0.4) is 0 Å². The zero-order valence-corrected chi connectivity index (χ0v) is 26.2. The van der Waals surface area contributed by atoms with Crippen LogP contribution in [0.1, 0.15) is 24.8 Å². The fourth-order valence-corrected chi connectivity index (χ4v) is 8.22. The van der Waals surface area contributed by atoms with E-state index >= 15 is 8.78 Å². The minimum atomic E-state index is -1.46. The number of ether oxygens (including phenoxy) is 1. The van der Waals surface area contributed by atoms with E-state index in [4.69, 9.17) is 10.5 Å². The average molecular weight is 667 g/mol. The molecule has 3 fully saturated rings. The van der Waals surface area contributed by atoms with Gasteiger partial charge in [0.25, 0.3) is 0 Å². The normalized spacial score (nSPS) is 24.2. The van der Waals surface area contributed by atoms with Crippen LogP contribution in [-0.4, -0.2) is 94.4 Å². The summed E-state index contributed by atoms with van der Waals surface area (Å²) in [5.41, 5.74) is 5.19. The second-order valence-corrected chi connectivity index (χ2v) is 13.3. The zero-order valence-electron chi connectivity index (χ0n) is 25.3. The van der Waals surface area contributed by atoms with Crippen molar-refractivity contribution < 1.29 is 27.1 Å². The summed E-state index contributed by atoms with van der Waals surface area (Å²) in [6.07, 6.45) is 1.89. The molecule has 15 heteroatoms. The molecule has 3 aliphatic heterocycles. The molecule has 1 aromatic carbocycles. The van der Waals surface area contributed by atoms with Crippen molar-refractivity contribution in [3.8, 4) is 23.3 Å². The summed E-state index contributed by atoms with van der Waals surface area (Å²) < 4.78 is 67.5. The summed E-state index contributed by atoms with van der Waals surface area (Å²) in [5, 5.41) is 10.1. The Kier molecular flexibility index (Phi) is 7.67. The molecule has 4 atom stereocenters. The summed E-state index contributed by atoms with van der Waals surface area (Å²) in [6, 6.07) is 3.41. The Morgan fingerprint density at radius 1 is 1.30 bits per heavy atom. The fourth-order valence-electron chi connectivity index (χ4n) is 7.27. The Hall–Kier alpha value is -4.55. The van der Waals surface area contributed by atoms with Crippen LogP contribution in [0.15, 0.2) is 31.0 Å². The summed E-state index contributed by atoms with van der Waals surface area (Å²) in [4.78, 5) is 30.5. The highest BCUT2D eigenvalue weighted by Crippen LogP contribution is 2.43. The number of halogens is 4. The predicted octanol–water partition coefficient (Wildman–Crippen LogP) is 4.76. The Morgan fingerprint density at radius 2 is 2.11 bits per heavy atom. The number of carbonyl (C=O) groups is 1. The Labute approximate surface area is 271 Å². The lowest BCUT2D eigenvalue weighted by molar-refractivity contribution is -0.125. The Morgan fingerprint density at radius 3 is 2.87 bits per heavy atom. The number of aromatic nitrogens is 3. The maximum absolute atomic E-state index is 16.7. The van der Waals surface area contributed by atoms with Gasteiger partial charge in [0.15, 0.2) is 5.82 Å². The number of likely N-dealkylation sites (tertiary alicyclic amines) is 1. The summed E-state index contributed by atoms with van der Waals surface area (Å²) in [6.45, 7) is 4.47. The first kappa shape index (κ1) is 31.1. The number of alkyl halides is 2. The number of nitrogen functional groups attached to an aromatic ring is 1. The van der Waals surface area contributed by atoms with Crippen molar-refractivity contribution in [3.63, 3.8) is 0 Å². The van der Waals surface area contributed by atoms with Crippen molar-refractivity contribution in [3.05, 3.63) is 48.2 Å². The molecule has 6 heterocycles.